The second kappa shape index (κ2) is 13.3. The van der Waals surface area contributed by atoms with E-state index in [0.29, 0.717) is 18.0 Å². The molecule has 192 valence electrons. The second-order valence-electron chi connectivity index (χ2n) is 9.54. The summed E-state index contributed by atoms with van der Waals surface area (Å²) in [5.74, 6) is 1.11. The topological polar surface area (TPSA) is 103 Å². The molecule has 0 unspecified atom stereocenters. The van der Waals surface area contributed by atoms with Gasteiger partial charge in [-0.3, -0.25) is 0 Å². The predicted octanol–water partition coefficient (Wildman–Crippen LogP) is 4.45. The fourth-order valence-electron chi connectivity index (χ4n) is 3.76. The van der Waals surface area contributed by atoms with Crippen molar-refractivity contribution in [3.05, 3.63) is 22.7 Å². The van der Waals surface area contributed by atoms with Gasteiger partial charge in [-0.2, -0.15) is 11.8 Å². The van der Waals surface area contributed by atoms with Crippen LogP contribution >= 0.6 is 23.4 Å². The lowest BCUT2D eigenvalue weighted by Crippen LogP contribution is -2.48. The highest BCUT2D eigenvalue weighted by molar-refractivity contribution is 7.98. The van der Waals surface area contributed by atoms with Crippen LogP contribution in [0.1, 0.15) is 50.4 Å². The number of nitrogens with one attached hydrogen (secondary N) is 1. The van der Waals surface area contributed by atoms with Crippen molar-refractivity contribution in [1.82, 2.24) is 10.2 Å². The zero-order valence-corrected chi connectivity index (χ0v) is 22.4. The Labute approximate surface area is 212 Å². The molecule has 1 aromatic carbocycles. The van der Waals surface area contributed by atoms with E-state index in [1.807, 2.05) is 20.8 Å². The van der Waals surface area contributed by atoms with Crippen LogP contribution in [0.5, 0.6) is 5.75 Å². The quantitative estimate of drug-likeness (QED) is 0.348. The number of benzene rings is 1. The van der Waals surface area contributed by atoms with Crippen molar-refractivity contribution in [3.8, 4) is 5.75 Å². The number of ether oxygens (including phenoxy) is 3. The summed E-state index contributed by atoms with van der Waals surface area (Å²) in [4.78, 5) is 27.2. The Hall–Kier alpha value is -1.84. The minimum absolute atomic E-state index is 0.0272. The molecular weight excluding hydrogens is 478 g/mol. The third-order valence-electron chi connectivity index (χ3n) is 5.57. The van der Waals surface area contributed by atoms with Crippen molar-refractivity contribution in [1.29, 1.82) is 0 Å². The van der Waals surface area contributed by atoms with Crippen LogP contribution in [0.3, 0.4) is 0 Å². The molecule has 2 rings (SSSR count). The number of thioether (sulfide) groups is 1. The Balaban J connectivity index is 1.83. The van der Waals surface area contributed by atoms with E-state index < -0.39 is 11.6 Å². The molecule has 0 saturated carbocycles. The van der Waals surface area contributed by atoms with Gasteiger partial charge >= 0.3 is 12.1 Å². The summed E-state index contributed by atoms with van der Waals surface area (Å²) in [6.45, 7) is 8.45. The van der Waals surface area contributed by atoms with E-state index in [-0.39, 0.29) is 28.6 Å². The molecule has 1 aromatic rings. The highest BCUT2D eigenvalue weighted by atomic mass is 35.5. The fraction of sp³-hybridized carbons (Fsp3) is 0.667. The summed E-state index contributed by atoms with van der Waals surface area (Å²) in [7, 11) is 1.47. The molecule has 0 aromatic heterocycles. The number of nitrogen functional groups attached to an aromatic ring is 1. The molecule has 0 radical (unpaired) electrons. The monoisotopic (exact) mass is 515 g/mol. The lowest BCUT2D eigenvalue weighted by molar-refractivity contribution is 0.0359. The first kappa shape index (κ1) is 28.4. The fourth-order valence-corrected chi connectivity index (χ4v) is 4.44. The lowest BCUT2D eigenvalue weighted by Gasteiger charge is -2.34. The number of halogens is 1. The summed E-state index contributed by atoms with van der Waals surface area (Å²) in [6.07, 6.45) is 4.39. The van der Waals surface area contributed by atoms with Gasteiger partial charge in [-0.1, -0.05) is 11.6 Å². The van der Waals surface area contributed by atoms with Crippen molar-refractivity contribution < 1.29 is 23.8 Å². The van der Waals surface area contributed by atoms with Gasteiger partial charge in [0, 0.05) is 18.7 Å². The van der Waals surface area contributed by atoms with Gasteiger partial charge in [0.2, 0.25) is 0 Å². The average Bonchev–Trinajstić information content (AvgIpc) is 2.77. The van der Waals surface area contributed by atoms with Gasteiger partial charge < -0.3 is 30.2 Å². The zero-order valence-electron chi connectivity index (χ0n) is 20.8. The Morgan fingerprint density at radius 3 is 2.56 bits per heavy atom. The summed E-state index contributed by atoms with van der Waals surface area (Å²) in [5.41, 5.74) is 5.88. The van der Waals surface area contributed by atoms with Crippen molar-refractivity contribution in [2.75, 3.05) is 51.1 Å². The number of carbonyl (C=O) groups excluding carboxylic acids is 2. The Morgan fingerprint density at radius 2 is 1.97 bits per heavy atom. The lowest BCUT2D eigenvalue weighted by atomic mass is 9.97. The van der Waals surface area contributed by atoms with Crippen LogP contribution < -0.4 is 15.8 Å². The number of likely N-dealkylation sites (tertiary alicyclic amines) is 1. The van der Waals surface area contributed by atoms with Gasteiger partial charge in [-0.25, -0.2) is 9.59 Å². The molecule has 10 heteroatoms. The third kappa shape index (κ3) is 9.43. The molecule has 1 aliphatic rings. The molecular formula is C24H38ClN3O5S. The molecule has 0 spiro atoms. The maximum Gasteiger partial charge on any atom is 0.407 e. The normalized spacial score (nSPS) is 16.1. The number of piperidine rings is 1. The number of carbonyl (C=O) groups is 2. The first-order valence-corrected chi connectivity index (χ1v) is 13.3. The van der Waals surface area contributed by atoms with E-state index in [4.69, 9.17) is 31.5 Å². The number of hydrogen-bond donors (Lipinski definition) is 2. The van der Waals surface area contributed by atoms with Crippen LogP contribution in [-0.2, 0) is 9.47 Å². The second-order valence-corrected chi connectivity index (χ2v) is 10.9. The van der Waals surface area contributed by atoms with Crippen molar-refractivity contribution in [2.45, 2.75) is 51.7 Å². The standard InChI is InChI=1S/C24H38ClN3O5S/c1-24(2,3)33-23(30)27-17(8-11-34-5)14-28-9-6-16(7-10-28)15-32-22(29)18-12-19(25)20(26)13-21(18)31-4/h12-13,16-17H,6-11,14-15,26H2,1-5H3,(H,27,30)/t17-/m0/s1. The average molecular weight is 516 g/mol. The molecule has 0 aliphatic carbocycles. The number of nitrogens with two attached hydrogens (primary N) is 1. The van der Waals surface area contributed by atoms with Gasteiger partial charge in [0.25, 0.3) is 0 Å². The number of alkyl carbamates (subject to hydrolysis) is 1. The predicted molar refractivity (Wildman–Crippen MR) is 138 cm³/mol. The minimum Gasteiger partial charge on any atom is -0.496 e. The molecule has 1 atom stereocenters. The maximum absolute atomic E-state index is 12.6. The van der Waals surface area contributed by atoms with Crippen molar-refractivity contribution in [2.24, 2.45) is 5.92 Å². The Kier molecular flexibility index (Phi) is 11.1. The Bertz CT molecular complexity index is 826. The highest BCUT2D eigenvalue weighted by Crippen LogP contribution is 2.29. The van der Waals surface area contributed by atoms with Gasteiger partial charge in [0.15, 0.2) is 0 Å². The number of rotatable bonds is 10. The van der Waals surface area contributed by atoms with E-state index in [1.54, 1.807) is 11.8 Å². The Morgan fingerprint density at radius 1 is 1.29 bits per heavy atom. The van der Waals surface area contributed by atoms with Crippen LogP contribution in [-0.4, -0.2) is 74.0 Å². The first-order chi connectivity index (χ1) is 16.0. The van der Waals surface area contributed by atoms with Crippen LogP contribution in [0.4, 0.5) is 10.5 Å². The maximum atomic E-state index is 12.6. The summed E-state index contributed by atoms with van der Waals surface area (Å²) in [5, 5.41) is 3.32. The SMILES string of the molecule is COc1cc(N)c(Cl)cc1C(=O)OCC1CCN(C[C@H](CCSC)NC(=O)OC(C)(C)C)CC1. The van der Waals surface area contributed by atoms with E-state index in [0.717, 1.165) is 44.6 Å². The number of amides is 1. The smallest absolute Gasteiger partial charge is 0.407 e. The molecule has 1 heterocycles. The van der Waals surface area contributed by atoms with E-state index in [1.165, 1.54) is 19.2 Å². The van der Waals surface area contributed by atoms with Crippen LogP contribution in [0, 0.1) is 5.92 Å². The van der Waals surface area contributed by atoms with Crippen molar-refractivity contribution in [3.63, 3.8) is 0 Å². The summed E-state index contributed by atoms with van der Waals surface area (Å²) in [6, 6.07) is 3.03. The third-order valence-corrected chi connectivity index (χ3v) is 6.54. The number of nitrogens with zero attached hydrogens (tertiary/aromatic N) is 1. The number of esters is 1. The van der Waals surface area contributed by atoms with Crippen LogP contribution in [0.2, 0.25) is 5.02 Å². The van der Waals surface area contributed by atoms with E-state index in [9.17, 15) is 9.59 Å². The zero-order chi connectivity index (χ0) is 25.3. The van der Waals surface area contributed by atoms with E-state index >= 15 is 0 Å². The molecule has 1 fully saturated rings. The molecule has 0 bridgehead atoms. The summed E-state index contributed by atoms with van der Waals surface area (Å²) >= 11 is 7.82. The molecule has 8 nitrogen and oxygen atoms in total. The summed E-state index contributed by atoms with van der Waals surface area (Å²) < 4.78 is 16.2. The molecule has 34 heavy (non-hydrogen) atoms. The van der Waals surface area contributed by atoms with Crippen LogP contribution in [0.25, 0.3) is 0 Å². The minimum atomic E-state index is -0.522. The van der Waals surface area contributed by atoms with Gasteiger partial charge in [-0.15, -0.1) is 0 Å². The number of hydrogen-bond acceptors (Lipinski definition) is 8. The van der Waals surface area contributed by atoms with Crippen LogP contribution in [0.15, 0.2) is 12.1 Å². The van der Waals surface area contributed by atoms with E-state index in [2.05, 4.69) is 16.5 Å². The largest absolute Gasteiger partial charge is 0.496 e. The number of methoxy groups -OCH3 is 1. The molecule has 1 amide bonds. The first-order valence-electron chi connectivity index (χ1n) is 11.5. The van der Waals surface area contributed by atoms with Gasteiger partial charge in [0.05, 0.1) is 24.4 Å². The molecule has 3 N–H and O–H groups in total. The van der Waals surface area contributed by atoms with Crippen molar-refractivity contribution >= 4 is 41.1 Å². The molecule has 1 saturated heterocycles. The molecule has 1 aliphatic heterocycles. The highest BCUT2D eigenvalue weighted by Gasteiger charge is 2.26. The number of anilines is 1. The van der Waals surface area contributed by atoms with Gasteiger partial charge in [-0.05, 0) is 77.1 Å². The van der Waals surface area contributed by atoms with Gasteiger partial charge in [0.1, 0.15) is 16.9 Å².